The number of aliphatic hydroxyl groups excluding tert-OH is 1. The maximum atomic E-state index is 11.4. The molecule has 7 nitrogen and oxygen atoms in total. The van der Waals surface area contributed by atoms with Gasteiger partial charge in [0.05, 0.1) is 38.6 Å². The SMILES string of the molecule is COc1cc(CC(C)(C)NC[C@@H](O)COC(C)c2ccccc2-c2ccc(C(=O)O)c(C)c2)cc(OC)c1C. The van der Waals surface area contributed by atoms with Gasteiger partial charge in [-0.1, -0.05) is 36.4 Å². The minimum atomic E-state index is -0.937. The van der Waals surface area contributed by atoms with Crippen LogP contribution in [-0.4, -0.2) is 55.2 Å². The number of nitrogens with one attached hydrogen (secondary N) is 1. The molecule has 0 aromatic heterocycles. The largest absolute Gasteiger partial charge is 0.496 e. The van der Waals surface area contributed by atoms with Gasteiger partial charge >= 0.3 is 5.97 Å². The van der Waals surface area contributed by atoms with Crippen LogP contribution in [0, 0.1) is 13.8 Å². The van der Waals surface area contributed by atoms with E-state index in [0.717, 1.165) is 45.7 Å². The second-order valence-electron chi connectivity index (χ2n) is 10.6. The molecule has 0 fully saturated rings. The highest BCUT2D eigenvalue weighted by atomic mass is 16.5. The third-order valence-corrected chi connectivity index (χ3v) is 6.98. The Morgan fingerprint density at radius 3 is 2.23 bits per heavy atom. The maximum absolute atomic E-state index is 11.4. The number of hydrogen-bond donors (Lipinski definition) is 3. The summed E-state index contributed by atoms with van der Waals surface area (Å²) < 4.78 is 17.1. The monoisotopic (exact) mass is 535 g/mol. The lowest BCUT2D eigenvalue weighted by Crippen LogP contribution is -2.46. The fraction of sp³-hybridized carbons (Fsp3) is 0.406. The molecule has 210 valence electrons. The number of carboxylic acid groups (broad SMARTS) is 1. The molecule has 0 aliphatic rings. The molecule has 0 radical (unpaired) electrons. The van der Waals surface area contributed by atoms with Gasteiger partial charge in [-0.25, -0.2) is 4.79 Å². The molecule has 7 heteroatoms. The number of aliphatic hydroxyl groups is 1. The number of carboxylic acids is 1. The summed E-state index contributed by atoms with van der Waals surface area (Å²) >= 11 is 0. The molecule has 3 rings (SSSR count). The summed E-state index contributed by atoms with van der Waals surface area (Å²) in [7, 11) is 3.31. The van der Waals surface area contributed by atoms with Crippen molar-refractivity contribution in [2.24, 2.45) is 0 Å². The molecule has 0 heterocycles. The van der Waals surface area contributed by atoms with Crippen LogP contribution in [0.2, 0.25) is 0 Å². The number of rotatable bonds is 13. The summed E-state index contributed by atoms with van der Waals surface area (Å²) in [6.07, 6.45) is -0.244. The summed E-state index contributed by atoms with van der Waals surface area (Å²) in [5.74, 6) is 0.639. The Balaban J connectivity index is 1.60. The van der Waals surface area contributed by atoms with E-state index in [1.807, 2.05) is 62.4 Å². The van der Waals surface area contributed by atoms with E-state index in [1.165, 1.54) is 0 Å². The normalized spacial score (nSPS) is 13.1. The summed E-state index contributed by atoms with van der Waals surface area (Å²) in [4.78, 5) is 11.4. The van der Waals surface area contributed by atoms with Crippen molar-refractivity contribution >= 4 is 5.97 Å². The Labute approximate surface area is 231 Å². The van der Waals surface area contributed by atoms with Crippen LogP contribution in [0.1, 0.15) is 59.5 Å². The average molecular weight is 536 g/mol. The van der Waals surface area contributed by atoms with E-state index in [2.05, 4.69) is 19.2 Å². The Bertz CT molecular complexity index is 1260. The summed E-state index contributed by atoms with van der Waals surface area (Å²) in [6.45, 7) is 10.5. The van der Waals surface area contributed by atoms with Gasteiger partial charge in [0.2, 0.25) is 0 Å². The number of ether oxygens (including phenoxy) is 3. The van der Waals surface area contributed by atoms with Gasteiger partial charge in [0.15, 0.2) is 0 Å². The van der Waals surface area contributed by atoms with E-state index < -0.39 is 12.1 Å². The number of methoxy groups -OCH3 is 2. The molecule has 2 atom stereocenters. The molecule has 3 aromatic rings. The van der Waals surface area contributed by atoms with Gasteiger partial charge in [-0.3, -0.25) is 0 Å². The van der Waals surface area contributed by atoms with Crippen LogP contribution in [0.3, 0.4) is 0 Å². The Morgan fingerprint density at radius 2 is 1.64 bits per heavy atom. The Hall–Kier alpha value is -3.39. The highest BCUT2D eigenvalue weighted by Crippen LogP contribution is 2.32. The number of aromatic carboxylic acids is 1. The third-order valence-electron chi connectivity index (χ3n) is 6.98. The predicted octanol–water partition coefficient (Wildman–Crippen LogP) is 5.74. The van der Waals surface area contributed by atoms with Gasteiger partial charge in [-0.15, -0.1) is 0 Å². The van der Waals surface area contributed by atoms with Gasteiger partial charge in [-0.2, -0.15) is 0 Å². The van der Waals surface area contributed by atoms with Gasteiger partial charge in [0.1, 0.15) is 11.5 Å². The van der Waals surface area contributed by atoms with Gasteiger partial charge in [-0.05, 0) is 87.1 Å². The van der Waals surface area contributed by atoms with E-state index in [4.69, 9.17) is 14.2 Å². The first-order valence-corrected chi connectivity index (χ1v) is 13.1. The van der Waals surface area contributed by atoms with Crippen LogP contribution in [0.15, 0.2) is 54.6 Å². The molecule has 0 amide bonds. The van der Waals surface area contributed by atoms with Gasteiger partial charge in [0.25, 0.3) is 0 Å². The van der Waals surface area contributed by atoms with Crippen molar-refractivity contribution in [1.82, 2.24) is 5.32 Å². The molecule has 3 aromatic carbocycles. The second kappa shape index (κ2) is 13.1. The Morgan fingerprint density at radius 1 is 1.00 bits per heavy atom. The molecular formula is C32H41NO6. The highest BCUT2D eigenvalue weighted by molar-refractivity contribution is 5.90. The highest BCUT2D eigenvalue weighted by Gasteiger charge is 2.22. The first kappa shape index (κ1) is 30.2. The summed E-state index contributed by atoms with van der Waals surface area (Å²) in [5, 5.41) is 23.5. The molecule has 0 saturated carbocycles. The maximum Gasteiger partial charge on any atom is 0.335 e. The Kier molecular flexibility index (Phi) is 10.1. The lowest BCUT2D eigenvalue weighted by Gasteiger charge is -2.29. The van der Waals surface area contributed by atoms with E-state index in [0.29, 0.717) is 17.7 Å². The molecule has 0 saturated heterocycles. The molecule has 1 unspecified atom stereocenters. The van der Waals surface area contributed by atoms with E-state index in [9.17, 15) is 15.0 Å². The quantitative estimate of drug-likeness (QED) is 0.257. The molecular weight excluding hydrogens is 494 g/mol. The fourth-order valence-corrected chi connectivity index (χ4v) is 4.80. The van der Waals surface area contributed by atoms with Crippen LogP contribution in [0.25, 0.3) is 11.1 Å². The number of aryl methyl sites for hydroxylation is 1. The zero-order valence-corrected chi connectivity index (χ0v) is 24.0. The third kappa shape index (κ3) is 7.82. The molecule has 0 aliphatic carbocycles. The zero-order valence-electron chi connectivity index (χ0n) is 24.0. The average Bonchev–Trinajstić information content (AvgIpc) is 2.91. The first-order valence-electron chi connectivity index (χ1n) is 13.1. The summed E-state index contributed by atoms with van der Waals surface area (Å²) in [6, 6.07) is 17.3. The predicted molar refractivity (Wildman–Crippen MR) is 154 cm³/mol. The molecule has 0 bridgehead atoms. The van der Waals surface area contributed by atoms with E-state index in [-0.39, 0.29) is 18.2 Å². The zero-order chi connectivity index (χ0) is 28.7. The van der Waals surface area contributed by atoms with Crippen molar-refractivity contribution in [2.45, 2.75) is 58.8 Å². The lowest BCUT2D eigenvalue weighted by molar-refractivity contribution is -0.00397. The fourth-order valence-electron chi connectivity index (χ4n) is 4.80. The topological polar surface area (TPSA) is 97.2 Å². The van der Waals surface area contributed by atoms with Crippen molar-refractivity contribution in [2.75, 3.05) is 27.4 Å². The first-order chi connectivity index (χ1) is 18.5. The van der Waals surface area contributed by atoms with Gasteiger partial charge in [0, 0.05) is 17.6 Å². The molecule has 0 spiro atoms. The minimum Gasteiger partial charge on any atom is -0.496 e. The second-order valence-corrected chi connectivity index (χ2v) is 10.6. The van der Waals surface area contributed by atoms with Gasteiger partial charge < -0.3 is 29.7 Å². The van der Waals surface area contributed by atoms with Crippen LogP contribution >= 0.6 is 0 Å². The van der Waals surface area contributed by atoms with Crippen molar-refractivity contribution in [3.63, 3.8) is 0 Å². The lowest BCUT2D eigenvalue weighted by atomic mass is 9.93. The van der Waals surface area contributed by atoms with Crippen molar-refractivity contribution in [1.29, 1.82) is 0 Å². The van der Waals surface area contributed by atoms with Crippen molar-refractivity contribution in [3.8, 4) is 22.6 Å². The summed E-state index contributed by atoms with van der Waals surface area (Å²) in [5.41, 5.74) is 5.63. The number of hydrogen-bond acceptors (Lipinski definition) is 6. The molecule has 39 heavy (non-hydrogen) atoms. The molecule has 3 N–H and O–H groups in total. The van der Waals surface area contributed by atoms with Crippen molar-refractivity contribution < 1.29 is 29.2 Å². The van der Waals surface area contributed by atoms with Crippen LogP contribution < -0.4 is 14.8 Å². The van der Waals surface area contributed by atoms with Crippen LogP contribution in [0.4, 0.5) is 0 Å². The number of benzene rings is 3. The van der Waals surface area contributed by atoms with Crippen molar-refractivity contribution in [3.05, 3.63) is 82.4 Å². The van der Waals surface area contributed by atoms with E-state index >= 15 is 0 Å². The number of carbonyl (C=O) groups is 1. The smallest absolute Gasteiger partial charge is 0.335 e. The minimum absolute atomic E-state index is 0.168. The van der Waals surface area contributed by atoms with Crippen LogP contribution in [0.5, 0.6) is 11.5 Å². The number of β-amino-alcohol motifs (C(OH)–C–C–N with tert-alkyl or cyclic N) is 1. The standard InChI is InChI=1S/C32H41NO6/c1-20-14-24(12-13-26(20)31(35)36)28-11-9-8-10-27(28)22(3)39-19-25(34)18-33-32(4,5)17-23-15-29(37-6)21(2)30(16-23)38-7/h8-16,22,25,33-34H,17-19H2,1-7H3,(H,35,36)/t22?,25-/m1/s1. The van der Waals surface area contributed by atoms with E-state index in [1.54, 1.807) is 27.2 Å². The van der Waals surface area contributed by atoms with Crippen LogP contribution in [-0.2, 0) is 11.2 Å². The molecule has 0 aliphatic heterocycles.